The summed E-state index contributed by atoms with van der Waals surface area (Å²) < 4.78 is 2.98. The van der Waals surface area contributed by atoms with Crippen LogP contribution < -0.4 is 5.32 Å². The molecule has 0 spiro atoms. The van der Waals surface area contributed by atoms with Gasteiger partial charge in [0.05, 0.1) is 18.4 Å². The highest BCUT2D eigenvalue weighted by Crippen LogP contribution is 2.19. The summed E-state index contributed by atoms with van der Waals surface area (Å²) in [4.78, 5) is 0. The van der Waals surface area contributed by atoms with E-state index in [0.717, 1.165) is 23.3 Å². The Labute approximate surface area is 115 Å². The molecule has 1 aliphatic rings. The van der Waals surface area contributed by atoms with Gasteiger partial charge in [0.25, 0.3) is 0 Å². The maximum Gasteiger partial charge on any atom is 0.0965 e. The van der Waals surface area contributed by atoms with Gasteiger partial charge in [0.1, 0.15) is 0 Å². The van der Waals surface area contributed by atoms with Crippen LogP contribution in [0.1, 0.15) is 24.1 Å². The molecule has 2 aromatic rings. The Morgan fingerprint density at radius 2 is 2.06 bits per heavy atom. The number of nitrogens with zero attached hydrogens (tertiary/aromatic N) is 3. The average molecular weight is 307 g/mol. The molecule has 5 heteroatoms. The molecule has 1 heterocycles. The van der Waals surface area contributed by atoms with Gasteiger partial charge in [-0.05, 0) is 30.5 Å². The highest BCUT2D eigenvalue weighted by atomic mass is 79.9. The average Bonchev–Trinajstić information content (AvgIpc) is 3.10. The van der Waals surface area contributed by atoms with Gasteiger partial charge < -0.3 is 5.32 Å². The van der Waals surface area contributed by atoms with E-state index in [-0.39, 0.29) is 0 Å². The van der Waals surface area contributed by atoms with Crippen molar-refractivity contribution in [3.8, 4) is 0 Å². The van der Waals surface area contributed by atoms with E-state index in [0.29, 0.717) is 6.04 Å². The van der Waals surface area contributed by atoms with Crippen molar-refractivity contribution >= 4 is 15.9 Å². The van der Waals surface area contributed by atoms with Crippen LogP contribution in [0.4, 0.5) is 0 Å². The number of hydrogen-bond donors (Lipinski definition) is 1. The van der Waals surface area contributed by atoms with Gasteiger partial charge >= 0.3 is 0 Å². The fraction of sp³-hybridized carbons (Fsp3) is 0.385. The van der Waals surface area contributed by atoms with Gasteiger partial charge in [-0.3, -0.25) is 0 Å². The van der Waals surface area contributed by atoms with Crippen molar-refractivity contribution in [2.45, 2.75) is 32.0 Å². The normalized spacial score (nSPS) is 14.9. The van der Waals surface area contributed by atoms with E-state index in [4.69, 9.17) is 0 Å². The van der Waals surface area contributed by atoms with Crippen molar-refractivity contribution in [2.24, 2.45) is 0 Å². The molecule has 1 aliphatic carbocycles. The van der Waals surface area contributed by atoms with E-state index >= 15 is 0 Å². The first-order valence-corrected chi connectivity index (χ1v) is 6.96. The van der Waals surface area contributed by atoms with Crippen molar-refractivity contribution < 1.29 is 0 Å². The molecular formula is C13H15BrN4. The van der Waals surface area contributed by atoms with Crippen molar-refractivity contribution in [3.05, 3.63) is 46.2 Å². The van der Waals surface area contributed by atoms with E-state index in [9.17, 15) is 0 Å². The minimum absolute atomic E-state index is 0.710. The Balaban J connectivity index is 1.60. The quantitative estimate of drug-likeness (QED) is 0.922. The van der Waals surface area contributed by atoms with Crippen LogP contribution in [0, 0.1) is 0 Å². The van der Waals surface area contributed by atoms with Crippen LogP contribution in [0.25, 0.3) is 0 Å². The minimum atomic E-state index is 0.710. The van der Waals surface area contributed by atoms with Crippen LogP contribution in [0.15, 0.2) is 34.9 Å². The Morgan fingerprint density at radius 1 is 1.28 bits per heavy atom. The maximum atomic E-state index is 4.17. The number of aromatic nitrogens is 3. The Kier molecular flexibility index (Phi) is 3.43. The summed E-state index contributed by atoms with van der Waals surface area (Å²) in [5.74, 6) is 0. The third kappa shape index (κ3) is 3.17. The predicted molar refractivity (Wildman–Crippen MR) is 73.1 cm³/mol. The van der Waals surface area contributed by atoms with Crippen LogP contribution in [-0.4, -0.2) is 21.0 Å². The van der Waals surface area contributed by atoms with E-state index < -0.39 is 0 Å². The number of benzene rings is 1. The highest BCUT2D eigenvalue weighted by Gasteiger charge is 2.20. The third-order valence-electron chi connectivity index (χ3n) is 2.99. The standard InChI is InChI=1S/C13H15BrN4/c14-11-3-1-10(2-4-11)8-18-9-13(16-17-18)7-15-12-5-6-12/h1-4,9,12,15H,5-8H2. The molecule has 18 heavy (non-hydrogen) atoms. The molecule has 0 bridgehead atoms. The molecule has 0 aliphatic heterocycles. The van der Waals surface area contributed by atoms with Crippen LogP contribution in [-0.2, 0) is 13.1 Å². The van der Waals surface area contributed by atoms with Gasteiger partial charge in [-0.25, -0.2) is 4.68 Å². The second-order valence-electron chi connectivity index (χ2n) is 4.69. The molecule has 0 saturated heterocycles. The number of rotatable bonds is 5. The largest absolute Gasteiger partial charge is 0.308 e. The van der Waals surface area contributed by atoms with Gasteiger partial charge in [-0.2, -0.15) is 0 Å². The van der Waals surface area contributed by atoms with E-state index in [1.807, 2.05) is 23.0 Å². The van der Waals surface area contributed by atoms with Crippen LogP contribution in [0.2, 0.25) is 0 Å². The highest BCUT2D eigenvalue weighted by molar-refractivity contribution is 9.10. The molecule has 4 nitrogen and oxygen atoms in total. The molecule has 0 atom stereocenters. The molecule has 3 rings (SSSR count). The van der Waals surface area contributed by atoms with Crippen molar-refractivity contribution in [3.63, 3.8) is 0 Å². The van der Waals surface area contributed by atoms with E-state index in [1.165, 1.54) is 18.4 Å². The predicted octanol–water partition coefficient (Wildman–Crippen LogP) is 2.34. The van der Waals surface area contributed by atoms with Gasteiger partial charge in [-0.1, -0.05) is 33.3 Å². The summed E-state index contributed by atoms with van der Waals surface area (Å²) in [5, 5.41) is 11.8. The lowest BCUT2D eigenvalue weighted by atomic mass is 10.2. The number of halogens is 1. The lowest BCUT2D eigenvalue weighted by Crippen LogP contribution is -2.15. The maximum absolute atomic E-state index is 4.17. The summed E-state index contributed by atoms with van der Waals surface area (Å²) >= 11 is 3.43. The van der Waals surface area contributed by atoms with Gasteiger partial charge in [0, 0.05) is 17.1 Å². The topological polar surface area (TPSA) is 42.7 Å². The SMILES string of the molecule is Brc1ccc(Cn2cc(CNC3CC3)nn2)cc1. The van der Waals surface area contributed by atoms with E-state index in [1.54, 1.807) is 0 Å². The zero-order chi connectivity index (χ0) is 12.4. The first kappa shape index (κ1) is 11.9. The number of nitrogens with one attached hydrogen (secondary N) is 1. The zero-order valence-electron chi connectivity index (χ0n) is 10.0. The van der Waals surface area contributed by atoms with Gasteiger partial charge in [-0.15, -0.1) is 5.10 Å². The van der Waals surface area contributed by atoms with Crippen molar-refractivity contribution in [1.29, 1.82) is 0 Å². The third-order valence-corrected chi connectivity index (χ3v) is 3.52. The van der Waals surface area contributed by atoms with Crippen molar-refractivity contribution in [1.82, 2.24) is 20.3 Å². The number of hydrogen-bond acceptors (Lipinski definition) is 3. The summed E-state index contributed by atoms with van der Waals surface area (Å²) in [5.41, 5.74) is 2.24. The molecule has 0 radical (unpaired) electrons. The molecule has 1 saturated carbocycles. The molecule has 1 N–H and O–H groups in total. The summed E-state index contributed by atoms with van der Waals surface area (Å²) in [6.45, 7) is 1.59. The smallest absolute Gasteiger partial charge is 0.0965 e. The Bertz CT molecular complexity index is 516. The monoisotopic (exact) mass is 306 g/mol. The summed E-state index contributed by atoms with van der Waals surface area (Å²) in [6.07, 6.45) is 4.61. The molecule has 0 amide bonds. The zero-order valence-corrected chi connectivity index (χ0v) is 11.6. The van der Waals surface area contributed by atoms with Crippen LogP contribution in [0.5, 0.6) is 0 Å². The van der Waals surface area contributed by atoms with Crippen molar-refractivity contribution in [2.75, 3.05) is 0 Å². The first-order valence-electron chi connectivity index (χ1n) is 6.16. The molecule has 0 unspecified atom stereocenters. The first-order chi connectivity index (χ1) is 8.79. The Morgan fingerprint density at radius 3 is 2.78 bits per heavy atom. The van der Waals surface area contributed by atoms with Gasteiger partial charge in [0.15, 0.2) is 0 Å². The minimum Gasteiger partial charge on any atom is -0.308 e. The molecular weight excluding hydrogens is 292 g/mol. The second-order valence-corrected chi connectivity index (χ2v) is 5.60. The van der Waals surface area contributed by atoms with E-state index in [2.05, 4.69) is 43.7 Å². The lowest BCUT2D eigenvalue weighted by molar-refractivity contribution is 0.646. The molecule has 1 fully saturated rings. The summed E-state index contributed by atoms with van der Waals surface area (Å²) in [6, 6.07) is 8.98. The Hall–Kier alpha value is -1.20. The van der Waals surface area contributed by atoms with Gasteiger partial charge in [0.2, 0.25) is 0 Å². The molecule has 1 aromatic heterocycles. The van der Waals surface area contributed by atoms with Crippen LogP contribution >= 0.6 is 15.9 Å². The second kappa shape index (κ2) is 5.20. The molecule has 1 aromatic carbocycles. The fourth-order valence-electron chi connectivity index (χ4n) is 1.81. The van der Waals surface area contributed by atoms with Crippen LogP contribution in [0.3, 0.4) is 0 Å². The fourth-order valence-corrected chi connectivity index (χ4v) is 2.07. The lowest BCUT2D eigenvalue weighted by Gasteiger charge is -2.00. The summed E-state index contributed by atoms with van der Waals surface area (Å²) in [7, 11) is 0. The molecule has 94 valence electrons.